The van der Waals surface area contributed by atoms with Gasteiger partial charge in [-0.1, -0.05) is 30.3 Å². The molecule has 4 aromatic rings. The van der Waals surface area contributed by atoms with Crippen LogP contribution in [0.3, 0.4) is 0 Å². The fraction of sp³-hybridized carbons (Fsp3) is 0.222. The number of pyridine rings is 1. The molecule has 0 N–H and O–H groups in total. The number of aryl methyl sites for hydroxylation is 1. The SMILES string of the molecule is O=C1c2ccccc2C(=O)N1CCc1nc2ncccc2c(=O)n1CCc1ccc2c(c1)COC2. The number of ether oxygens (including phenoxy) is 1. The van der Waals surface area contributed by atoms with Crippen molar-refractivity contribution in [3.63, 3.8) is 0 Å². The number of fused-ring (bicyclic) bond motifs is 3. The molecule has 0 aliphatic carbocycles. The molecule has 8 nitrogen and oxygen atoms in total. The molecule has 2 aliphatic rings. The van der Waals surface area contributed by atoms with Crippen molar-refractivity contribution in [1.29, 1.82) is 0 Å². The summed E-state index contributed by atoms with van der Waals surface area (Å²) < 4.78 is 7.15. The molecule has 0 radical (unpaired) electrons. The Morgan fingerprint density at radius 2 is 1.60 bits per heavy atom. The number of hydrogen-bond acceptors (Lipinski definition) is 6. The molecule has 2 amide bonds. The van der Waals surface area contributed by atoms with Crippen molar-refractivity contribution in [2.45, 2.75) is 32.6 Å². The van der Waals surface area contributed by atoms with Crippen LogP contribution in [0.1, 0.15) is 43.2 Å². The highest BCUT2D eigenvalue weighted by Crippen LogP contribution is 2.23. The number of amides is 2. The van der Waals surface area contributed by atoms with Crippen LogP contribution in [-0.4, -0.2) is 37.8 Å². The van der Waals surface area contributed by atoms with Gasteiger partial charge in [-0.15, -0.1) is 0 Å². The molecular formula is C27H22N4O4. The fourth-order valence-corrected chi connectivity index (χ4v) is 4.80. The summed E-state index contributed by atoms with van der Waals surface area (Å²) in [5, 5.41) is 0.444. The van der Waals surface area contributed by atoms with E-state index in [9.17, 15) is 14.4 Å². The number of rotatable bonds is 6. The molecule has 0 saturated heterocycles. The Morgan fingerprint density at radius 1 is 0.829 bits per heavy atom. The van der Waals surface area contributed by atoms with Gasteiger partial charge in [-0.3, -0.25) is 23.9 Å². The smallest absolute Gasteiger partial charge is 0.263 e. The molecule has 0 fully saturated rings. The molecule has 0 bridgehead atoms. The average Bonchev–Trinajstić information content (AvgIpc) is 3.45. The first-order valence-corrected chi connectivity index (χ1v) is 11.6. The highest BCUT2D eigenvalue weighted by Gasteiger charge is 2.35. The number of carbonyl (C=O) groups excluding carboxylic acids is 2. The van der Waals surface area contributed by atoms with E-state index >= 15 is 0 Å². The normalized spacial score (nSPS) is 14.6. The minimum Gasteiger partial charge on any atom is -0.372 e. The van der Waals surface area contributed by atoms with Gasteiger partial charge in [0, 0.05) is 25.7 Å². The number of imide groups is 1. The third-order valence-electron chi connectivity index (χ3n) is 6.66. The third kappa shape index (κ3) is 3.72. The summed E-state index contributed by atoms with van der Waals surface area (Å²) in [5.74, 6) is -0.139. The molecule has 2 aromatic heterocycles. The summed E-state index contributed by atoms with van der Waals surface area (Å²) >= 11 is 0. The van der Waals surface area contributed by atoms with Crippen molar-refractivity contribution in [3.05, 3.63) is 105 Å². The van der Waals surface area contributed by atoms with Crippen LogP contribution in [0.25, 0.3) is 11.0 Å². The summed E-state index contributed by atoms with van der Waals surface area (Å²) in [6.45, 7) is 1.80. The van der Waals surface area contributed by atoms with Crippen LogP contribution in [0.4, 0.5) is 0 Å². The minimum absolute atomic E-state index is 0.132. The zero-order valence-electron chi connectivity index (χ0n) is 18.9. The van der Waals surface area contributed by atoms with Crippen molar-refractivity contribution in [1.82, 2.24) is 19.4 Å². The van der Waals surface area contributed by atoms with Gasteiger partial charge in [-0.25, -0.2) is 9.97 Å². The molecule has 8 heteroatoms. The van der Waals surface area contributed by atoms with Crippen LogP contribution in [0.5, 0.6) is 0 Å². The van der Waals surface area contributed by atoms with Gasteiger partial charge < -0.3 is 4.74 Å². The number of nitrogens with zero attached hydrogens (tertiary/aromatic N) is 4. The zero-order chi connectivity index (χ0) is 23.9. The predicted molar refractivity (Wildman–Crippen MR) is 128 cm³/mol. The van der Waals surface area contributed by atoms with E-state index < -0.39 is 0 Å². The van der Waals surface area contributed by atoms with Gasteiger partial charge >= 0.3 is 0 Å². The number of hydrogen-bond donors (Lipinski definition) is 0. The van der Waals surface area contributed by atoms with E-state index in [0.717, 1.165) is 5.56 Å². The van der Waals surface area contributed by atoms with E-state index in [1.165, 1.54) is 16.0 Å². The van der Waals surface area contributed by atoms with Crippen molar-refractivity contribution in [2.75, 3.05) is 6.54 Å². The lowest BCUT2D eigenvalue weighted by molar-refractivity contribution is 0.0655. The van der Waals surface area contributed by atoms with E-state index in [1.807, 2.05) is 0 Å². The monoisotopic (exact) mass is 466 g/mol. The van der Waals surface area contributed by atoms with E-state index in [4.69, 9.17) is 4.74 Å². The zero-order valence-corrected chi connectivity index (χ0v) is 18.9. The fourth-order valence-electron chi connectivity index (χ4n) is 4.80. The molecule has 4 heterocycles. The Balaban J connectivity index is 1.29. The highest BCUT2D eigenvalue weighted by molar-refractivity contribution is 6.21. The summed E-state index contributed by atoms with van der Waals surface area (Å²) in [6.07, 6.45) is 2.49. The lowest BCUT2D eigenvalue weighted by atomic mass is 10.0. The minimum atomic E-state index is -0.321. The van der Waals surface area contributed by atoms with E-state index in [0.29, 0.717) is 54.2 Å². The van der Waals surface area contributed by atoms with Gasteiger partial charge in [0.25, 0.3) is 17.4 Å². The maximum Gasteiger partial charge on any atom is 0.263 e. The van der Waals surface area contributed by atoms with Crippen molar-refractivity contribution >= 4 is 22.8 Å². The topological polar surface area (TPSA) is 94.4 Å². The third-order valence-corrected chi connectivity index (χ3v) is 6.66. The molecular weight excluding hydrogens is 444 g/mol. The molecule has 174 valence electrons. The van der Waals surface area contributed by atoms with Gasteiger partial charge in [-0.2, -0.15) is 0 Å². The van der Waals surface area contributed by atoms with Crippen LogP contribution in [0, 0.1) is 0 Å². The average molecular weight is 466 g/mol. The molecule has 2 aromatic carbocycles. The van der Waals surface area contributed by atoms with E-state index in [-0.39, 0.29) is 30.3 Å². The quantitative estimate of drug-likeness (QED) is 0.406. The van der Waals surface area contributed by atoms with Gasteiger partial charge in [0.2, 0.25) is 0 Å². The second kappa shape index (κ2) is 8.56. The summed E-state index contributed by atoms with van der Waals surface area (Å²) in [4.78, 5) is 49.1. The molecule has 6 rings (SSSR count). The molecule has 0 spiro atoms. The van der Waals surface area contributed by atoms with Gasteiger partial charge in [0.1, 0.15) is 5.82 Å². The first-order chi connectivity index (χ1) is 17.1. The van der Waals surface area contributed by atoms with Gasteiger partial charge in [0.15, 0.2) is 5.65 Å². The maximum absolute atomic E-state index is 13.4. The lowest BCUT2D eigenvalue weighted by Crippen LogP contribution is -2.34. The Morgan fingerprint density at radius 3 is 2.40 bits per heavy atom. The molecule has 35 heavy (non-hydrogen) atoms. The summed E-state index contributed by atoms with van der Waals surface area (Å²) in [5.41, 5.74) is 4.49. The van der Waals surface area contributed by atoms with Gasteiger partial charge in [0.05, 0.1) is 29.7 Å². The van der Waals surface area contributed by atoms with Crippen LogP contribution >= 0.6 is 0 Å². The van der Waals surface area contributed by atoms with Crippen LogP contribution in [0.15, 0.2) is 65.6 Å². The molecule has 2 aliphatic heterocycles. The Hall–Kier alpha value is -4.17. The summed E-state index contributed by atoms with van der Waals surface area (Å²) in [6, 6.07) is 16.5. The molecule has 0 unspecified atom stereocenters. The number of benzene rings is 2. The van der Waals surface area contributed by atoms with Crippen molar-refractivity contribution in [3.8, 4) is 0 Å². The van der Waals surface area contributed by atoms with Crippen molar-refractivity contribution < 1.29 is 14.3 Å². The first kappa shape index (κ1) is 21.4. The largest absolute Gasteiger partial charge is 0.372 e. The Bertz CT molecular complexity index is 1520. The second-order valence-corrected chi connectivity index (χ2v) is 8.76. The van der Waals surface area contributed by atoms with Crippen LogP contribution < -0.4 is 5.56 Å². The van der Waals surface area contributed by atoms with Gasteiger partial charge in [-0.05, 0) is 47.4 Å². The second-order valence-electron chi connectivity index (χ2n) is 8.76. The Kier molecular flexibility index (Phi) is 5.22. The molecule has 0 saturated carbocycles. The van der Waals surface area contributed by atoms with E-state index in [1.54, 1.807) is 47.2 Å². The standard InChI is InChI=1S/C27H22N4O4/c32-25-20-4-1-2-5-21(20)26(33)31(25)13-10-23-29-24-22(6-3-11-28-24)27(34)30(23)12-9-17-7-8-18-15-35-16-19(18)14-17/h1-8,11,14H,9-10,12-13,15-16H2. The van der Waals surface area contributed by atoms with Crippen molar-refractivity contribution in [2.24, 2.45) is 0 Å². The maximum atomic E-state index is 13.4. The van der Waals surface area contributed by atoms with Crippen LogP contribution in [0.2, 0.25) is 0 Å². The Labute approximate surface area is 200 Å². The highest BCUT2D eigenvalue weighted by atomic mass is 16.5. The number of aromatic nitrogens is 3. The van der Waals surface area contributed by atoms with E-state index in [2.05, 4.69) is 28.2 Å². The van der Waals surface area contributed by atoms with Crippen LogP contribution in [-0.2, 0) is 37.3 Å². The lowest BCUT2D eigenvalue weighted by Gasteiger charge is -2.17. The summed E-state index contributed by atoms with van der Waals surface area (Å²) in [7, 11) is 0. The first-order valence-electron chi connectivity index (χ1n) is 11.6. The number of carbonyl (C=O) groups is 2. The predicted octanol–water partition coefficient (Wildman–Crippen LogP) is 2.90. The molecule has 0 atom stereocenters.